The lowest BCUT2D eigenvalue weighted by Gasteiger charge is -2.07. The molecule has 2 aromatic carbocycles. The van der Waals surface area contributed by atoms with Crippen LogP contribution >= 0.6 is 11.8 Å². The molecule has 0 bridgehead atoms. The molecule has 0 aliphatic carbocycles. The van der Waals surface area contributed by atoms with Crippen molar-refractivity contribution >= 4 is 11.8 Å². The van der Waals surface area contributed by atoms with E-state index in [-0.39, 0.29) is 5.82 Å². The molecule has 3 aromatic rings. The number of benzene rings is 2. The van der Waals surface area contributed by atoms with Crippen LogP contribution in [0.1, 0.15) is 18.1 Å². The molecule has 0 fully saturated rings. The van der Waals surface area contributed by atoms with Crippen LogP contribution in [0.2, 0.25) is 0 Å². The van der Waals surface area contributed by atoms with E-state index in [0.29, 0.717) is 0 Å². The Morgan fingerprint density at radius 2 is 1.70 bits per heavy atom. The molecule has 0 spiro atoms. The quantitative estimate of drug-likeness (QED) is 0.636. The summed E-state index contributed by atoms with van der Waals surface area (Å²) in [5, 5.41) is 9.47. The van der Waals surface area contributed by atoms with E-state index in [9.17, 15) is 4.39 Å². The first-order chi connectivity index (χ1) is 11.2. The molecule has 0 aliphatic rings. The highest BCUT2D eigenvalue weighted by Crippen LogP contribution is 2.26. The number of hydrogen-bond acceptors (Lipinski definition) is 3. The van der Waals surface area contributed by atoms with Gasteiger partial charge in [-0.3, -0.25) is 0 Å². The fourth-order valence-corrected chi connectivity index (χ4v) is 3.28. The highest BCUT2D eigenvalue weighted by Gasteiger charge is 2.13. The molecular weight excluding hydrogens is 309 g/mol. The Morgan fingerprint density at radius 3 is 2.35 bits per heavy atom. The van der Waals surface area contributed by atoms with E-state index in [0.717, 1.165) is 28.8 Å². The smallest absolute Gasteiger partial charge is 0.191 e. The first-order valence-corrected chi connectivity index (χ1v) is 8.53. The van der Waals surface area contributed by atoms with Gasteiger partial charge in [-0.1, -0.05) is 41.6 Å². The van der Waals surface area contributed by atoms with Crippen molar-refractivity contribution in [2.75, 3.05) is 0 Å². The molecule has 3 rings (SSSR count). The normalized spacial score (nSPS) is 10.9. The molecule has 1 aromatic heterocycles. The average Bonchev–Trinajstić information content (AvgIpc) is 2.98. The molecule has 23 heavy (non-hydrogen) atoms. The van der Waals surface area contributed by atoms with Crippen LogP contribution in [-0.2, 0) is 12.3 Å². The highest BCUT2D eigenvalue weighted by atomic mass is 32.2. The number of aromatic nitrogens is 3. The second kappa shape index (κ2) is 6.96. The Hall–Kier alpha value is -2.14. The van der Waals surface area contributed by atoms with E-state index < -0.39 is 0 Å². The van der Waals surface area contributed by atoms with E-state index in [2.05, 4.69) is 52.9 Å². The van der Waals surface area contributed by atoms with Crippen LogP contribution in [0.4, 0.5) is 4.39 Å². The van der Waals surface area contributed by atoms with Crippen LogP contribution in [0.3, 0.4) is 0 Å². The van der Waals surface area contributed by atoms with Gasteiger partial charge in [-0.2, -0.15) is 0 Å². The Balaban J connectivity index is 1.80. The summed E-state index contributed by atoms with van der Waals surface area (Å²) < 4.78 is 15.1. The lowest BCUT2D eigenvalue weighted by atomic mass is 10.2. The van der Waals surface area contributed by atoms with Crippen LogP contribution in [0.15, 0.2) is 53.7 Å². The number of aryl methyl sites for hydroxylation is 1. The van der Waals surface area contributed by atoms with Gasteiger partial charge in [0.2, 0.25) is 0 Å². The average molecular weight is 327 g/mol. The topological polar surface area (TPSA) is 30.7 Å². The van der Waals surface area contributed by atoms with E-state index in [1.54, 1.807) is 23.9 Å². The second-order valence-electron chi connectivity index (χ2n) is 5.33. The monoisotopic (exact) mass is 327 g/mol. The lowest BCUT2D eigenvalue weighted by Crippen LogP contribution is -2.00. The van der Waals surface area contributed by atoms with Crippen molar-refractivity contribution in [2.24, 2.45) is 0 Å². The third-order valence-electron chi connectivity index (χ3n) is 3.62. The van der Waals surface area contributed by atoms with E-state index in [1.807, 2.05) is 0 Å². The van der Waals surface area contributed by atoms with Gasteiger partial charge < -0.3 is 4.57 Å². The minimum Gasteiger partial charge on any atom is -0.302 e. The van der Waals surface area contributed by atoms with Crippen LogP contribution in [-0.4, -0.2) is 14.8 Å². The fraction of sp³-hybridized carbons (Fsp3) is 0.222. The zero-order chi connectivity index (χ0) is 16.2. The standard InChI is InChI=1S/C18H18FN3S/c1-3-22-17(15-8-10-16(19)11-9-15)20-21-18(22)23-12-14-6-4-13(2)5-7-14/h4-11H,3,12H2,1-2H3. The molecule has 0 aliphatic heterocycles. The Morgan fingerprint density at radius 1 is 1.00 bits per heavy atom. The predicted octanol–water partition coefficient (Wildman–Crippen LogP) is 4.70. The molecule has 0 saturated heterocycles. The van der Waals surface area contributed by atoms with Crippen LogP contribution < -0.4 is 0 Å². The van der Waals surface area contributed by atoms with Crippen molar-refractivity contribution in [3.8, 4) is 11.4 Å². The molecule has 5 heteroatoms. The van der Waals surface area contributed by atoms with E-state index >= 15 is 0 Å². The van der Waals surface area contributed by atoms with E-state index in [4.69, 9.17) is 0 Å². The van der Waals surface area contributed by atoms with Crippen molar-refractivity contribution in [1.82, 2.24) is 14.8 Å². The summed E-state index contributed by atoms with van der Waals surface area (Å²) in [5.74, 6) is 1.38. The molecule has 0 unspecified atom stereocenters. The Kier molecular flexibility index (Phi) is 4.76. The molecule has 0 atom stereocenters. The second-order valence-corrected chi connectivity index (χ2v) is 6.27. The van der Waals surface area contributed by atoms with Crippen molar-refractivity contribution in [3.05, 3.63) is 65.5 Å². The zero-order valence-corrected chi connectivity index (χ0v) is 14.0. The summed E-state index contributed by atoms with van der Waals surface area (Å²) in [6, 6.07) is 14.9. The Labute approximate surface area is 139 Å². The van der Waals surface area contributed by atoms with Gasteiger partial charge in [-0.25, -0.2) is 4.39 Å². The predicted molar refractivity (Wildman–Crippen MR) is 91.8 cm³/mol. The van der Waals surface area contributed by atoms with Gasteiger partial charge in [0.1, 0.15) is 5.82 Å². The van der Waals surface area contributed by atoms with Gasteiger partial charge in [0.15, 0.2) is 11.0 Å². The third-order valence-corrected chi connectivity index (χ3v) is 4.66. The van der Waals surface area contributed by atoms with Crippen molar-refractivity contribution < 1.29 is 4.39 Å². The van der Waals surface area contributed by atoms with Gasteiger partial charge in [0.05, 0.1) is 0 Å². The zero-order valence-electron chi connectivity index (χ0n) is 13.2. The Bertz CT molecular complexity index is 779. The maximum atomic E-state index is 13.1. The van der Waals surface area contributed by atoms with Gasteiger partial charge >= 0.3 is 0 Å². The lowest BCUT2D eigenvalue weighted by molar-refractivity contribution is 0.627. The number of nitrogens with zero attached hydrogens (tertiary/aromatic N) is 3. The summed E-state index contributed by atoms with van der Waals surface area (Å²) in [6.45, 7) is 4.92. The molecule has 0 amide bonds. The van der Waals surface area contributed by atoms with Crippen molar-refractivity contribution in [1.29, 1.82) is 0 Å². The van der Waals surface area contributed by atoms with Gasteiger partial charge in [0, 0.05) is 17.9 Å². The molecule has 0 radical (unpaired) electrons. The van der Waals surface area contributed by atoms with Gasteiger partial charge in [0.25, 0.3) is 0 Å². The van der Waals surface area contributed by atoms with Crippen LogP contribution in [0.5, 0.6) is 0 Å². The van der Waals surface area contributed by atoms with E-state index in [1.165, 1.54) is 23.3 Å². The number of rotatable bonds is 5. The third kappa shape index (κ3) is 3.62. The summed E-state index contributed by atoms with van der Waals surface area (Å²) >= 11 is 1.66. The summed E-state index contributed by atoms with van der Waals surface area (Å²) in [4.78, 5) is 0. The first kappa shape index (κ1) is 15.7. The maximum Gasteiger partial charge on any atom is 0.191 e. The minimum atomic E-state index is -0.245. The first-order valence-electron chi connectivity index (χ1n) is 7.55. The number of hydrogen-bond donors (Lipinski definition) is 0. The largest absolute Gasteiger partial charge is 0.302 e. The number of halogens is 1. The van der Waals surface area contributed by atoms with Crippen LogP contribution in [0, 0.1) is 12.7 Å². The SMILES string of the molecule is CCn1c(SCc2ccc(C)cc2)nnc1-c1ccc(F)cc1. The molecular formula is C18H18FN3S. The molecule has 0 saturated carbocycles. The summed E-state index contributed by atoms with van der Waals surface area (Å²) in [7, 11) is 0. The summed E-state index contributed by atoms with van der Waals surface area (Å²) in [6.07, 6.45) is 0. The van der Waals surface area contributed by atoms with Crippen LogP contribution in [0.25, 0.3) is 11.4 Å². The maximum absolute atomic E-state index is 13.1. The molecule has 0 N–H and O–H groups in total. The molecule has 118 valence electrons. The van der Waals surface area contributed by atoms with Crippen molar-refractivity contribution in [3.63, 3.8) is 0 Å². The summed E-state index contributed by atoms with van der Waals surface area (Å²) in [5.41, 5.74) is 3.39. The van der Waals surface area contributed by atoms with Gasteiger partial charge in [-0.15, -0.1) is 10.2 Å². The molecule has 1 heterocycles. The molecule has 3 nitrogen and oxygen atoms in total. The number of thioether (sulfide) groups is 1. The fourth-order valence-electron chi connectivity index (χ4n) is 2.33. The highest BCUT2D eigenvalue weighted by molar-refractivity contribution is 7.98. The van der Waals surface area contributed by atoms with Gasteiger partial charge in [-0.05, 0) is 43.7 Å². The van der Waals surface area contributed by atoms with Crippen molar-refractivity contribution in [2.45, 2.75) is 31.3 Å². The minimum absolute atomic E-state index is 0.245.